The average Bonchev–Trinajstić information content (AvgIpc) is 2.96. The first-order valence-electron chi connectivity index (χ1n) is 8.63. The van der Waals surface area contributed by atoms with E-state index in [0.29, 0.717) is 13.0 Å². The molecule has 0 aromatic heterocycles. The standard InChI is InChI=1S/C18H28N4OS.HI/c1-3-19-18(20-11-7-8-12-24-2)21-15-13-17(23)22(14-15)16-9-5-4-6-10-16;/h4-6,9-10,15H,3,7-8,11-14H2,1-2H3,(H2,19,20,21);1H. The van der Waals surface area contributed by atoms with E-state index in [-0.39, 0.29) is 35.9 Å². The van der Waals surface area contributed by atoms with E-state index in [1.807, 2.05) is 47.0 Å². The van der Waals surface area contributed by atoms with Crippen LogP contribution in [0.15, 0.2) is 35.3 Å². The van der Waals surface area contributed by atoms with Crippen molar-refractivity contribution in [1.29, 1.82) is 0 Å². The normalized spacial score (nSPS) is 17.4. The van der Waals surface area contributed by atoms with Crippen LogP contribution in [0.1, 0.15) is 26.2 Å². The van der Waals surface area contributed by atoms with Gasteiger partial charge in [0.2, 0.25) is 5.91 Å². The van der Waals surface area contributed by atoms with Gasteiger partial charge in [0.1, 0.15) is 0 Å². The zero-order valence-corrected chi connectivity index (χ0v) is 18.2. The molecule has 1 amide bonds. The summed E-state index contributed by atoms with van der Waals surface area (Å²) in [5.74, 6) is 2.16. The number of halogens is 1. The van der Waals surface area contributed by atoms with E-state index in [0.717, 1.165) is 31.2 Å². The van der Waals surface area contributed by atoms with Gasteiger partial charge in [0.15, 0.2) is 5.96 Å². The molecule has 1 unspecified atom stereocenters. The summed E-state index contributed by atoms with van der Waals surface area (Å²) in [5, 5.41) is 6.68. The summed E-state index contributed by atoms with van der Waals surface area (Å²) in [7, 11) is 0. The topological polar surface area (TPSA) is 56.7 Å². The molecule has 1 aromatic rings. The van der Waals surface area contributed by atoms with Gasteiger partial charge >= 0.3 is 0 Å². The lowest BCUT2D eigenvalue weighted by atomic mass is 10.2. The fourth-order valence-corrected chi connectivity index (χ4v) is 3.22. The van der Waals surface area contributed by atoms with E-state index >= 15 is 0 Å². The molecule has 2 rings (SSSR count). The number of carbonyl (C=O) groups is 1. The smallest absolute Gasteiger partial charge is 0.229 e. The van der Waals surface area contributed by atoms with Crippen LogP contribution in [-0.4, -0.2) is 49.6 Å². The monoisotopic (exact) mass is 476 g/mol. The molecule has 140 valence electrons. The van der Waals surface area contributed by atoms with Gasteiger partial charge < -0.3 is 15.5 Å². The Bertz CT molecular complexity index is 541. The van der Waals surface area contributed by atoms with Gasteiger partial charge in [0.05, 0.1) is 6.04 Å². The predicted octanol–water partition coefficient (Wildman–Crippen LogP) is 3.11. The van der Waals surface area contributed by atoms with Crippen molar-refractivity contribution in [3.63, 3.8) is 0 Å². The number of guanidine groups is 1. The van der Waals surface area contributed by atoms with Crippen LogP contribution in [0.5, 0.6) is 0 Å². The molecular formula is C18H29IN4OS. The number of para-hydroxylation sites is 1. The van der Waals surface area contributed by atoms with Crippen molar-refractivity contribution >= 4 is 53.3 Å². The van der Waals surface area contributed by atoms with Gasteiger partial charge in [-0.05, 0) is 43.9 Å². The number of amides is 1. The number of anilines is 1. The van der Waals surface area contributed by atoms with Crippen molar-refractivity contribution in [2.24, 2.45) is 4.99 Å². The molecule has 0 bridgehead atoms. The molecule has 1 aliphatic heterocycles. The third-order valence-electron chi connectivity index (χ3n) is 3.90. The van der Waals surface area contributed by atoms with E-state index in [1.165, 1.54) is 12.2 Å². The molecule has 0 spiro atoms. The number of rotatable bonds is 8. The van der Waals surface area contributed by atoms with Crippen LogP contribution in [0.3, 0.4) is 0 Å². The minimum absolute atomic E-state index is 0. The minimum atomic E-state index is 0. The summed E-state index contributed by atoms with van der Waals surface area (Å²) in [6.07, 6.45) is 4.92. The van der Waals surface area contributed by atoms with Gasteiger partial charge in [-0.25, -0.2) is 0 Å². The lowest BCUT2D eigenvalue weighted by molar-refractivity contribution is -0.117. The Balaban J connectivity index is 0.00000312. The molecule has 0 aliphatic carbocycles. The Morgan fingerprint density at radius 3 is 2.76 bits per heavy atom. The molecule has 1 aromatic carbocycles. The van der Waals surface area contributed by atoms with Gasteiger partial charge in [-0.15, -0.1) is 24.0 Å². The van der Waals surface area contributed by atoms with E-state index in [2.05, 4.69) is 28.8 Å². The van der Waals surface area contributed by atoms with E-state index < -0.39 is 0 Å². The number of nitrogens with zero attached hydrogens (tertiary/aromatic N) is 2. The van der Waals surface area contributed by atoms with Gasteiger partial charge in [-0.2, -0.15) is 11.8 Å². The minimum Gasteiger partial charge on any atom is -0.357 e. The third kappa shape index (κ3) is 7.43. The average molecular weight is 476 g/mol. The lowest BCUT2D eigenvalue weighted by Crippen LogP contribution is -2.44. The van der Waals surface area contributed by atoms with Gasteiger partial charge in [-0.3, -0.25) is 9.79 Å². The van der Waals surface area contributed by atoms with Gasteiger partial charge in [-0.1, -0.05) is 18.2 Å². The van der Waals surface area contributed by atoms with Crippen LogP contribution in [-0.2, 0) is 4.79 Å². The SMILES string of the molecule is CCNC(=NCCCCSC)NC1CC(=O)N(c2ccccc2)C1.I. The maximum atomic E-state index is 12.3. The fourth-order valence-electron chi connectivity index (χ4n) is 2.72. The second kappa shape index (κ2) is 12.4. The number of nitrogens with one attached hydrogen (secondary N) is 2. The zero-order valence-electron chi connectivity index (χ0n) is 15.0. The number of hydrogen-bond acceptors (Lipinski definition) is 3. The molecule has 1 atom stereocenters. The molecule has 5 nitrogen and oxygen atoms in total. The molecule has 1 aliphatic rings. The number of thioether (sulfide) groups is 1. The van der Waals surface area contributed by atoms with Crippen LogP contribution in [0.2, 0.25) is 0 Å². The molecular weight excluding hydrogens is 447 g/mol. The van der Waals surface area contributed by atoms with Crippen LogP contribution >= 0.6 is 35.7 Å². The van der Waals surface area contributed by atoms with Crippen LogP contribution in [0.4, 0.5) is 5.69 Å². The molecule has 0 radical (unpaired) electrons. The first-order valence-corrected chi connectivity index (χ1v) is 10.0. The number of hydrogen-bond donors (Lipinski definition) is 2. The summed E-state index contributed by atoms with van der Waals surface area (Å²) < 4.78 is 0. The number of unbranched alkanes of at least 4 members (excludes halogenated alkanes) is 1. The Kier molecular flexibility index (Phi) is 11.0. The first kappa shape index (κ1) is 22.1. The maximum absolute atomic E-state index is 12.3. The summed E-state index contributed by atoms with van der Waals surface area (Å²) in [4.78, 5) is 18.8. The Hall–Kier alpha value is -0.960. The maximum Gasteiger partial charge on any atom is 0.229 e. The highest BCUT2D eigenvalue weighted by molar-refractivity contribution is 14.0. The van der Waals surface area contributed by atoms with Crippen molar-refractivity contribution in [2.45, 2.75) is 32.2 Å². The second-order valence-electron chi connectivity index (χ2n) is 5.85. The lowest BCUT2D eigenvalue weighted by Gasteiger charge is -2.19. The molecule has 1 fully saturated rings. The third-order valence-corrected chi connectivity index (χ3v) is 4.60. The molecule has 2 N–H and O–H groups in total. The van der Waals surface area contributed by atoms with Crippen molar-refractivity contribution < 1.29 is 4.79 Å². The molecule has 1 saturated heterocycles. The number of benzene rings is 1. The Morgan fingerprint density at radius 1 is 1.32 bits per heavy atom. The summed E-state index contributed by atoms with van der Waals surface area (Å²) in [6, 6.07) is 9.94. The van der Waals surface area contributed by atoms with Crippen molar-refractivity contribution in [1.82, 2.24) is 10.6 Å². The van der Waals surface area contributed by atoms with E-state index in [1.54, 1.807) is 0 Å². The van der Waals surface area contributed by atoms with Crippen molar-refractivity contribution in [3.05, 3.63) is 30.3 Å². The first-order chi connectivity index (χ1) is 11.7. The van der Waals surface area contributed by atoms with Gasteiger partial charge in [0.25, 0.3) is 0 Å². The van der Waals surface area contributed by atoms with Crippen LogP contribution < -0.4 is 15.5 Å². The largest absolute Gasteiger partial charge is 0.357 e. The molecule has 0 saturated carbocycles. The van der Waals surface area contributed by atoms with Crippen molar-refractivity contribution in [3.8, 4) is 0 Å². The van der Waals surface area contributed by atoms with Crippen LogP contribution in [0.25, 0.3) is 0 Å². The van der Waals surface area contributed by atoms with E-state index in [9.17, 15) is 4.79 Å². The summed E-state index contributed by atoms with van der Waals surface area (Å²) in [5.41, 5.74) is 0.964. The second-order valence-corrected chi connectivity index (χ2v) is 6.83. The fraction of sp³-hybridized carbons (Fsp3) is 0.556. The van der Waals surface area contributed by atoms with Crippen LogP contribution in [0, 0.1) is 0 Å². The highest BCUT2D eigenvalue weighted by Gasteiger charge is 2.30. The number of carbonyl (C=O) groups excluding carboxylic acids is 1. The van der Waals surface area contributed by atoms with Crippen molar-refractivity contribution in [2.75, 3.05) is 36.5 Å². The predicted molar refractivity (Wildman–Crippen MR) is 119 cm³/mol. The van der Waals surface area contributed by atoms with E-state index in [4.69, 9.17) is 0 Å². The molecule has 7 heteroatoms. The zero-order chi connectivity index (χ0) is 17.2. The summed E-state index contributed by atoms with van der Waals surface area (Å²) >= 11 is 1.87. The highest BCUT2D eigenvalue weighted by Crippen LogP contribution is 2.20. The summed E-state index contributed by atoms with van der Waals surface area (Å²) in [6.45, 7) is 4.37. The quantitative estimate of drug-likeness (QED) is 0.262. The Labute approximate surface area is 172 Å². The Morgan fingerprint density at radius 2 is 2.08 bits per heavy atom. The highest BCUT2D eigenvalue weighted by atomic mass is 127. The van der Waals surface area contributed by atoms with Gasteiger partial charge in [0, 0.05) is 31.7 Å². The number of aliphatic imine (C=N–C) groups is 1. The molecule has 1 heterocycles. The molecule has 25 heavy (non-hydrogen) atoms.